The first kappa shape index (κ1) is 84.1. The van der Waals surface area contributed by atoms with Crippen molar-refractivity contribution in [1.82, 2.24) is 78.1 Å². The van der Waals surface area contributed by atoms with Gasteiger partial charge in [-0.25, -0.2) is 29.9 Å². The van der Waals surface area contributed by atoms with Gasteiger partial charge in [-0.05, 0) is 137 Å². The summed E-state index contributed by atoms with van der Waals surface area (Å²) in [5.41, 5.74) is 2.36. The normalized spacial score (nSPS) is 26.2. The summed E-state index contributed by atoms with van der Waals surface area (Å²) >= 11 is 6.50. The largest absolute Gasteiger partial charge is 0.479 e. The molecule has 4 aliphatic rings. The standard InChI is InChI=1S/C18H30N5O4P.C17H26ClN4O3P.C17H28N5O4P.C16H25N4O4P/c1-5-6-8-19-18-21-15-12(16(26)22-18)20-10-23(15)17-14(25)13(24)11(27-17)7-9-28(2,3)4;1-6-24-16-13-15(20-10(2)21-16)22(9-19-13)17-12(18)14(23)11(25-17)7-8-26(3,4)5;1-5-7-18-17-20-14-11(15(25)21-17)19-9-22(14)16-13(24)12(23)10(26-16)6-8-27(2,3)4;1-9-18-14-11(15(19-9)23-2)17-8-20(14)16-13(22)12(21)10(24-16)6-7-25(3,4)5/h10-11,13-14,17,24-25H,2,5-9H2,1,3-4H3,(H2,19,21,22,26);9,11-12,14,17,23H,3,6-8H2,1-2,4-5H3;9-10,12-13,16,23-24H,2,5-8H2,1,3-4H3,(H2,18,20,21,25);8,10,12-13,16,21-22H,3,6-7H2,1-2,4-5H3/t11-,13-,14-,17?;11-,12-,14-,17?;2*10-,12-,13-,16?/m1111/s1. The molecule has 11 N–H and O–H groups in total. The SMILES string of the molecule is C=P(C)(C)CC[C@H]1OC(n2cnc3c(=O)[nH]c(NCCC)nc32)[C@H](O)[C@@H]1O.C=P(C)(C)CC[C@H]1OC(n2cnc3c(=O)[nH]c(NCCCC)nc32)[C@H](O)[C@@H]1O.C=P(C)(C)CC[C@H]1OC(n2cnc3c(OC)nc(C)nc32)[C@H](O)[C@@H]1O.C=P(C)(C)CC[C@H]1OC(n2cnc3c(OCC)nc(C)nc32)[C@H](Cl)[C@@H]1O. The van der Waals surface area contributed by atoms with E-state index in [0.29, 0.717) is 108 Å². The van der Waals surface area contributed by atoms with Gasteiger partial charge in [-0.2, -0.15) is 19.9 Å². The zero-order valence-corrected chi connectivity index (χ0v) is 67.4. The van der Waals surface area contributed by atoms with E-state index >= 15 is 0 Å². The fourth-order valence-electron chi connectivity index (χ4n) is 12.4. The van der Waals surface area contributed by atoms with Gasteiger partial charge in [-0.15, -0.1) is 64.3 Å². The van der Waals surface area contributed by atoms with Gasteiger partial charge in [0.25, 0.3) is 11.1 Å². The predicted molar refractivity (Wildman–Crippen MR) is 425 cm³/mol. The number of rotatable bonds is 26. The molecular weight excluding hydrogens is 1470 g/mol. The number of ether oxygens (including phenoxy) is 6. The van der Waals surface area contributed by atoms with Crippen LogP contribution in [0.2, 0.25) is 0 Å². The minimum Gasteiger partial charge on any atom is -0.479 e. The van der Waals surface area contributed by atoms with Gasteiger partial charge in [0.05, 0.1) is 63.4 Å². The predicted octanol–water partition coefficient (Wildman–Crippen LogP) is 5.07. The fourth-order valence-corrected chi connectivity index (χ4v) is 16.6. The first-order valence-electron chi connectivity index (χ1n) is 35.6. The number of methoxy groups -OCH3 is 1. The number of aromatic amines is 2. The van der Waals surface area contributed by atoms with Crippen LogP contribution < -0.4 is 31.2 Å². The average molecular weight is 1580 g/mol. The second-order valence-corrected chi connectivity index (χ2v) is 47.8. The molecule has 12 heterocycles. The van der Waals surface area contributed by atoms with Crippen molar-refractivity contribution in [3.63, 3.8) is 0 Å². The summed E-state index contributed by atoms with van der Waals surface area (Å²) in [6.07, 6.45) is 19.9. The summed E-state index contributed by atoms with van der Waals surface area (Å²) in [6.45, 7) is 23.5. The number of aryl methyl sites for hydroxylation is 2. The Labute approximate surface area is 621 Å². The van der Waals surface area contributed by atoms with Crippen LogP contribution in [-0.4, -0.2) is 316 Å². The number of unbranched alkanes of at least 4 members (excludes halogenated alkanes) is 1. The van der Waals surface area contributed by atoms with E-state index in [-0.39, 0.29) is 28.3 Å². The number of aliphatic hydroxyl groups excluding tert-OH is 7. The molecule has 16 atom stereocenters. The zero-order chi connectivity index (χ0) is 77.7. The summed E-state index contributed by atoms with van der Waals surface area (Å²) in [5.74, 6) is 2.60. The minimum atomic E-state index is -1.27. The Morgan fingerprint density at radius 1 is 0.472 bits per heavy atom. The Kier molecular flexibility index (Phi) is 28.1. The minimum absolute atomic E-state index is 0.163. The van der Waals surface area contributed by atoms with Crippen molar-refractivity contribution in [3.05, 3.63) is 57.7 Å². The first-order chi connectivity index (χ1) is 49.8. The van der Waals surface area contributed by atoms with Crippen molar-refractivity contribution in [2.75, 3.05) is 115 Å². The first-order valence-corrected chi connectivity index (χ1v) is 48.2. The summed E-state index contributed by atoms with van der Waals surface area (Å²) in [5, 5.41) is 78.8. The molecule has 8 aromatic heterocycles. The number of fused-ring (bicyclic) bond motifs is 4. The van der Waals surface area contributed by atoms with Crippen LogP contribution in [0, 0.1) is 13.8 Å². The van der Waals surface area contributed by atoms with Gasteiger partial charge in [-0.1, -0.05) is 20.3 Å². The van der Waals surface area contributed by atoms with Gasteiger partial charge in [0, 0.05) is 13.1 Å². The molecule has 0 spiro atoms. The molecule has 0 radical (unpaired) electrons. The Morgan fingerprint density at radius 2 is 0.802 bits per heavy atom. The van der Waals surface area contributed by atoms with Gasteiger partial charge in [0.2, 0.25) is 23.7 Å². The highest BCUT2D eigenvalue weighted by atomic mass is 35.5. The maximum Gasteiger partial charge on any atom is 0.280 e. The molecule has 0 aliphatic carbocycles. The van der Waals surface area contributed by atoms with Crippen LogP contribution in [-0.2, 0) is 18.9 Å². The highest BCUT2D eigenvalue weighted by molar-refractivity contribution is 7.73. The molecule has 4 fully saturated rings. The third-order valence-electron chi connectivity index (χ3n) is 18.2. The zero-order valence-electron chi connectivity index (χ0n) is 63.1. The van der Waals surface area contributed by atoms with E-state index in [1.807, 2.05) is 13.8 Å². The average Bonchev–Trinajstić information content (AvgIpc) is 1.64. The number of halogens is 1. The molecule has 0 aromatic carbocycles. The van der Waals surface area contributed by atoms with Crippen molar-refractivity contribution in [1.29, 1.82) is 0 Å². The molecule has 0 amide bonds. The molecule has 4 saturated heterocycles. The van der Waals surface area contributed by atoms with Crippen LogP contribution in [0.1, 0.15) is 102 Å². The summed E-state index contributed by atoms with van der Waals surface area (Å²) in [6, 6.07) is 0. The van der Waals surface area contributed by atoms with E-state index in [1.54, 1.807) is 29.3 Å². The maximum absolute atomic E-state index is 12.3. The van der Waals surface area contributed by atoms with Gasteiger partial charge >= 0.3 is 0 Å². The lowest BCUT2D eigenvalue weighted by atomic mass is 10.1. The Balaban J connectivity index is 0.000000164. The van der Waals surface area contributed by atoms with Gasteiger partial charge in [0.1, 0.15) is 59.8 Å². The maximum atomic E-state index is 12.3. The Bertz CT molecular complexity index is 4620. The Morgan fingerprint density at radius 3 is 1.16 bits per heavy atom. The second kappa shape index (κ2) is 35.4. The molecule has 588 valence electrons. The van der Waals surface area contributed by atoms with Gasteiger partial charge in [-0.3, -0.25) is 37.8 Å². The highest BCUT2D eigenvalue weighted by Crippen LogP contribution is 2.45. The van der Waals surface area contributed by atoms with Crippen LogP contribution in [0.3, 0.4) is 0 Å². The molecule has 33 nitrogen and oxygen atoms in total. The third-order valence-corrected chi connectivity index (χ3v) is 24.5. The lowest BCUT2D eigenvalue weighted by Crippen LogP contribution is -2.32. The number of hydrogen-bond donors (Lipinski definition) is 11. The van der Waals surface area contributed by atoms with Crippen LogP contribution in [0.4, 0.5) is 11.9 Å². The molecule has 8 aromatic rings. The number of anilines is 2. The molecule has 106 heavy (non-hydrogen) atoms. The summed E-state index contributed by atoms with van der Waals surface area (Å²) < 4.78 is 41.2. The van der Waals surface area contributed by atoms with Crippen molar-refractivity contribution in [2.24, 2.45) is 0 Å². The molecule has 0 bridgehead atoms. The third kappa shape index (κ3) is 20.5. The number of nitrogens with one attached hydrogen (secondary N) is 4. The van der Waals surface area contributed by atoms with Crippen molar-refractivity contribution >= 4 is 121 Å². The Hall–Kier alpha value is -5.95. The number of nitrogens with zero attached hydrogens (tertiary/aromatic N) is 14. The van der Waals surface area contributed by atoms with E-state index in [4.69, 9.17) is 40.0 Å². The van der Waals surface area contributed by atoms with Gasteiger partial charge in [0.15, 0.2) is 69.6 Å². The monoisotopic (exact) mass is 1580 g/mol. The van der Waals surface area contributed by atoms with E-state index in [1.165, 1.54) is 35.2 Å². The topological polar surface area (TPSA) is 435 Å². The van der Waals surface area contributed by atoms with E-state index in [9.17, 15) is 45.3 Å². The van der Waals surface area contributed by atoms with Crippen molar-refractivity contribution in [3.8, 4) is 11.8 Å². The van der Waals surface area contributed by atoms with Crippen LogP contribution >= 0.6 is 39.1 Å². The summed E-state index contributed by atoms with van der Waals surface area (Å²) in [4.78, 5) is 73.0. The fraction of sp³-hybridized carbons (Fsp3) is 0.647. The van der Waals surface area contributed by atoms with E-state index in [2.05, 4.69) is 156 Å². The number of alkyl halides is 1. The second-order valence-electron chi connectivity index (χ2n) is 30.1. The molecule has 4 aliphatic heterocycles. The smallest absolute Gasteiger partial charge is 0.280 e. The van der Waals surface area contributed by atoms with Crippen molar-refractivity contribution in [2.45, 2.75) is 177 Å². The lowest BCUT2D eigenvalue weighted by Gasteiger charge is -2.19. The highest BCUT2D eigenvalue weighted by Gasteiger charge is 2.48. The number of aromatic nitrogens is 16. The van der Waals surface area contributed by atoms with E-state index < -0.39 is 119 Å². The van der Waals surface area contributed by atoms with Crippen molar-refractivity contribution < 1.29 is 64.2 Å². The number of H-pyrrole nitrogens is 2. The number of hydrogen-bond acceptors (Lipinski definition) is 27. The quantitative estimate of drug-likeness (QED) is 0.0191. The summed E-state index contributed by atoms with van der Waals surface area (Å²) in [7, 11) is 1.52. The lowest BCUT2D eigenvalue weighted by molar-refractivity contribution is -0.0353. The van der Waals surface area contributed by atoms with Crippen LogP contribution in [0.25, 0.3) is 44.7 Å². The number of imidazole rings is 4. The molecular formula is C68H109ClN18O15P4. The van der Waals surface area contributed by atoms with Gasteiger partial charge < -0.3 is 74.8 Å². The molecule has 0 saturated carbocycles. The molecule has 12 rings (SSSR count). The molecule has 38 heteroatoms. The van der Waals surface area contributed by atoms with Crippen LogP contribution in [0.5, 0.6) is 11.8 Å². The van der Waals surface area contributed by atoms with E-state index in [0.717, 1.165) is 50.3 Å². The number of aliphatic hydroxyl groups is 7. The molecule has 4 unspecified atom stereocenters. The van der Waals surface area contributed by atoms with Crippen LogP contribution in [0.15, 0.2) is 34.9 Å².